The summed E-state index contributed by atoms with van der Waals surface area (Å²) in [7, 11) is 0. The van der Waals surface area contributed by atoms with E-state index < -0.39 is 0 Å². The van der Waals surface area contributed by atoms with Gasteiger partial charge in [0.2, 0.25) is 0 Å². The van der Waals surface area contributed by atoms with Gasteiger partial charge in [-0.1, -0.05) is 19.4 Å². The van der Waals surface area contributed by atoms with Crippen molar-refractivity contribution < 1.29 is 9.84 Å². The number of hydrogen-bond acceptors (Lipinski definition) is 3. The van der Waals surface area contributed by atoms with Crippen LogP contribution in [-0.4, -0.2) is 11.7 Å². The molecule has 0 radical (unpaired) electrons. The lowest BCUT2D eigenvalue weighted by molar-refractivity contribution is 0.278. The van der Waals surface area contributed by atoms with Crippen molar-refractivity contribution in [1.29, 1.82) is 5.26 Å². The molecule has 0 aliphatic rings. The molecule has 1 rings (SSSR count). The number of benzene rings is 1. The monoisotopic (exact) mass is 219 g/mol. The molecule has 0 atom stereocenters. The van der Waals surface area contributed by atoms with Crippen molar-refractivity contribution in [1.82, 2.24) is 0 Å². The van der Waals surface area contributed by atoms with Gasteiger partial charge < -0.3 is 9.84 Å². The Balaban J connectivity index is 2.74. The van der Waals surface area contributed by atoms with Crippen LogP contribution in [0.15, 0.2) is 18.2 Å². The Labute approximate surface area is 96.3 Å². The summed E-state index contributed by atoms with van der Waals surface area (Å²) in [6.07, 6.45) is 2.44. The summed E-state index contributed by atoms with van der Waals surface area (Å²) in [6, 6.07) is 7.60. The number of aliphatic hydroxyl groups is 1. The van der Waals surface area contributed by atoms with Crippen LogP contribution in [0.1, 0.15) is 30.9 Å². The summed E-state index contributed by atoms with van der Waals surface area (Å²) in [5, 5.41) is 17.7. The maximum Gasteiger partial charge on any atom is 0.119 e. The van der Waals surface area contributed by atoms with Gasteiger partial charge in [0.15, 0.2) is 0 Å². The highest BCUT2D eigenvalue weighted by molar-refractivity contribution is 5.35. The van der Waals surface area contributed by atoms with Gasteiger partial charge in [-0.25, -0.2) is 0 Å². The van der Waals surface area contributed by atoms with Gasteiger partial charge >= 0.3 is 0 Å². The maximum atomic E-state index is 9.09. The minimum Gasteiger partial charge on any atom is -0.494 e. The molecule has 0 heterocycles. The molecule has 1 N–H and O–H groups in total. The molecule has 0 aliphatic heterocycles. The molecule has 0 unspecified atom stereocenters. The molecule has 0 fully saturated rings. The van der Waals surface area contributed by atoms with Gasteiger partial charge in [0, 0.05) is 0 Å². The van der Waals surface area contributed by atoms with Gasteiger partial charge in [-0.2, -0.15) is 5.26 Å². The van der Waals surface area contributed by atoms with Crippen molar-refractivity contribution in [2.75, 3.05) is 6.61 Å². The van der Waals surface area contributed by atoms with E-state index in [0.717, 1.165) is 29.7 Å². The molecule has 0 bridgehead atoms. The first-order chi connectivity index (χ1) is 7.80. The van der Waals surface area contributed by atoms with Crippen LogP contribution in [0.3, 0.4) is 0 Å². The summed E-state index contributed by atoms with van der Waals surface area (Å²) in [5.74, 6) is 0.741. The van der Waals surface area contributed by atoms with Gasteiger partial charge in [-0.15, -0.1) is 0 Å². The molecule has 0 amide bonds. The van der Waals surface area contributed by atoms with Crippen molar-refractivity contribution >= 4 is 0 Å². The number of hydrogen-bond donors (Lipinski definition) is 1. The Morgan fingerprint density at radius 3 is 2.69 bits per heavy atom. The fourth-order valence-electron chi connectivity index (χ4n) is 1.43. The van der Waals surface area contributed by atoms with Crippen LogP contribution in [0.2, 0.25) is 0 Å². The Morgan fingerprint density at radius 2 is 2.06 bits per heavy atom. The van der Waals surface area contributed by atoms with Gasteiger partial charge in [0.1, 0.15) is 5.75 Å². The van der Waals surface area contributed by atoms with Crippen LogP contribution >= 0.6 is 0 Å². The van der Waals surface area contributed by atoms with Crippen LogP contribution in [-0.2, 0) is 13.0 Å². The molecule has 3 nitrogen and oxygen atoms in total. The highest BCUT2D eigenvalue weighted by Crippen LogP contribution is 2.18. The summed E-state index contributed by atoms with van der Waals surface area (Å²) in [5.41, 5.74) is 1.68. The third-order valence-corrected chi connectivity index (χ3v) is 2.26. The van der Waals surface area contributed by atoms with E-state index in [1.165, 1.54) is 0 Å². The average molecular weight is 219 g/mol. The minimum absolute atomic E-state index is 0.0244. The van der Waals surface area contributed by atoms with Crippen molar-refractivity contribution in [2.24, 2.45) is 0 Å². The molecule has 0 aliphatic carbocycles. The van der Waals surface area contributed by atoms with Crippen LogP contribution in [0.4, 0.5) is 0 Å². The zero-order valence-electron chi connectivity index (χ0n) is 9.57. The molecule has 1 aromatic carbocycles. The third kappa shape index (κ3) is 3.92. The summed E-state index contributed by atoms with van der Waals surface area (Å²) in [6.45, 7) is 2.76. The Morgan fingerprint density at radius 1 is 1.31 bits per heavy atom. The fourth-order valence-corrected chi connectivity index (χ4v) is 1.43. The molecule has 3 heteroatoms. The second-order valence-corrected chi connectivity index (χ2v) is 3.68. The lowest BCUT2D eigenvalue weighted by atomic mass is 10.1. The smallest absolute Gasteiger partial charge is 0.119 e. The van der Waals surface area contributed by atoms with E-state index in [-0.39, 0.29) is 6.61 Å². The average Bonchev–Trinajstić information content (AvgIpc) is 2.29. The topological polar surface area (TPSA) is 53.2 Å². The van der Waals surface area contributed by atoms with E-state index in [4.69, 9.17) is 15.1 Å². The fraction of sp³-hybridized carbons (Fsp3) is 0.462. The van der Waals surface area contributed by atoms with E-state index in [9.17, 15) is 0 Å². The highest BCUT2D eigenvalue weighted by Gasteiger charge is 2.01. The van der Waals surface area contributed by atoms with Gasteiger partial charge in [-0.3, -0.25) is 0 Å². The molecular formula is C13H17NO2. The molecular weight excluding hydrogens is 202 g/mol. The van der Waals surface area contributed by atoms with Gasteiger partial charge in [0.25, 0.3) is 0 Å². The molecule has 0 aromatic heterocycles. The van der Waals surface area contributed by atoms with Crippen LogP contribution < -0.4 is 4.74 Å². The lowest BCUT2D eigenvalue weighted by Gasteiger charge is -2.08. The first kappa shape index (κ1) is 12.5. The highest BCUT2D eigenvalue weighted by atomic mass is 16.5. The number of unbranched alkanes of at least 4 members (excludes halogenated alkanes) is 1. The van der Waals surface area contributed by atoms with Crippen LogP contribution in [0, 0.1) is 11.3 Å². The van der Waals surface area contributed by atoms with E-state index in [0.29, 0.717) is 13.0 Å². The standard InChI is InChI=1S/C13H17NO2/c1-2-3-6-16-13-8-11(4-5-14)7-12(9-13)10-15/h7-9,15H,2-4,6,10H2,1H3. The second-order valence-electron chi connectivity index (χ2n) is 3.68. The molecule has 0 saturated heterocycles. The number of ether oxygens (including phenoxy) is 1. The summed E-state index contributed by atoms with van der Waals surface area (Å²) < 4.78 is 5.56. The van der Waals surface area contributed by atoms with E-state index in [1.54, 1.807) is 0 Å². The van der Waals surface area contributed by atoms with Crippen molar-refractivity contribution in [3.05, 3.63) is 29.3 Å². The Hall–Kier alpha value is -1.53. The van der Waals surface area contributed by atoms with E-state index in [1.807, 2.05) is 18.2 Å². The molecule has 16 heavy (non-hydrogen) atoms. The van der Waals surface area contributed by atoms with Crippen LogP contribution in [0.5, 0.6) is 5.75 Å². The number of aliphatic hydroxyl groups excluding tert-OH is 1. The van der Waals surface area contributed by atoms with Crippen molar-refractivity contribution in [2.45, 2.75) is 32.8 Å². The Bertz CT molecular complexity index is 369. The second kappa shape index (κ2) is 6.86. The largest absolute Gasteiger partial charge is 0.494 e. The van der Waals surface area contributed by atoms with Gasteiger partial charge in [0.05, 0.1) is 25.7 Å². The minimum atomic E-state index is -0.0244. The molecule has 86 valence electrons. The SMILES string of the molecule is CCCCOc1cc(CO)cc(CC#N)c1. The number of rotatable bonds is 6. The normalized spacial score (nSPS) is 9.81. The Kier molecular flexibility index (Phi) is 5.38. The van der Waals surface area contributed by atoms with Crippen molar-refractivity contribution in [3.63, 3.8) is 0 Å². The summed E-state index contributed by atoms with van der Waals surface area (Å²) >= 11 is 0. The van der Waals surface area contributed by atoms with E-state index >= 15 is 0 Å². The first-order valence-electron chi connectivity index (χ1n) is 5.53. The predicted octanol–water partition coefficient (Wildman–Crippen LogP) is 2.42. The summed E-state index contributed by atoms with van der Waals surface area (Å²) in [4.78, 5) is 0. The number of nitrogens with zero attached hydrogens (tertiary/aromatic N) is 1. The lowest BCUT2D eigenvalue weighted by Crippen LogP contribution is -1.98. The molecule has 1 aromatic rings. The van der Waals surface area contributed by atoms with Crippen LogP contribution in [0.25, 0.3) is 0 Å². The maximum absolute atomic E-state index is 9.09. The van der Waals surface area contributed by atoms with E-state index in [2.05, 4.69) is 13.0 Å². The zero-order chi connectivity index (χ0) is 11.8. The molecule has 0 spiro atoms. The first-order valence-corrected chi connectivity index (χ1v) is 5.53. The quantitative estimate of drug-likeness (QED) is 0.747. The zero-order valence-corrected chi connectivity index (χ0v) is 9.57. The molecule has 0 saturated carbocycles. The predicted molar refractivity (Wildman–Crippen MR) is 62.1 cm³/mol. The third-order valence-electron chi connectivity index (χ3n) is 2.26. The number of nitriles is 1. The van der Waals surface area contributed by atoms with Crippen molar-refractivity contribution in [3.8, 4) is 11.8 Å². The van der Waals surface area contributed by atoms with Gasteiger partial charge in [-0.05, 0) is 29.7 Å².